The minimum absolute atomic E-state index is 0.119. The van der Waals surface area contributed by atoms with Crippen LogP contribution in [0.2, 0.25) is 0 Å². The van der Waals surface area contributed by atoms with Gasteiger partial charge in [-0.2, -0.15) is 5.10 Å². The fourth-order valence-electron chi connectivity index (χ4n) is 1.66. The Hall–Kier alpha value is -2.30. The Morgan fingerprint density at radius 1 is 1.39 bits per heavy atom. The number of rotatable bonds is 3. The summed E-state index contributed by atoms with van der Waals surface area (Å²) in [6.45, 7) is 4.01. The highest BCUT2D eigenvalue weighted by Crippen LogP contribution is 2.17. The minimum Gasteiger partial charge on any atom is -0.399 e. The van der Waals surface area contributed by atoms with Crippen molar-refractivity contribution in [2.75, 3.05) is 11.1 Å². The second-order valence-electron chi connectivity index (χ2n) is 4.28. The molecular formula is C13H16N4O. The van der Waals surface area contributed by atoms with Crippen molar-refractivity contribution in [1.29, 1.82) is 0 Å². The topological polar surface area (TPSA) is 72.9 Å². The number of hydrogen-bond donors (Lipinski definition) is 2. The number of aromatic nitrogens is 2. The van der Waals surface area contributed by atoms with E-state index in [9.17, 15) is 4.79 Å². The van der Waals surface area contributed by atoms with Gasteiger partial charge in [0.15, 0.2) is 0 Å². The molecule has 2 rings (SSSR count). The van der Waals surface area contributed by atoms with Gasteiger partial charge in [0, 0.05) is 17.6 Å². The maximum atomic E-state index is 11.8. The maximum Gasteiger partial charge on any atom is 0.246 e. The molecule has 3 N–H and O–H groups in total. The summed E-state index contributed by atoms with van der Waals surface area (Å²) in [5.41, 5.74) is 8.93. The van der Waals surface area contributed by atoms with Crippen LogP contribution < -0.4 is 11.1 Å². The molecule has 1 amide bonds. The Kier molecular flexibility index (Phi) is 3.32. The molecule has 1 aromatic carbocycles. The lowest BCUT2D eigenvalue weighted by molar-refractivity contribution is -0.116. The molecule has 5 heteroatoms. The van der Waals surface area contributed by atoms with Crippen LogP contribution in [-0.2, 0) is 11.3 Å². The molecule has 5 nitrogen and oxygen atoms in total. The number of amides is 1. The highest BCUT2D eigenvalue weighted by molar-refractivity contribution is 5.91. The van der Waals surface area contributed by atoms with Gasteiger partial charge >= 0.3 is 0 Å². The maximum absolute atomic E-state index is 11.8. The molecule has 0 aliphatic heterocycles. The number of carbonyl (C=O) groups is 1. The number of carbonyl (C=O) groups excluding carboxylic acids is 1. The third-order valence-corrected chi connectivity index (χ3v) is 2.62. The molecule has 0 unspecified atom stereocenters. The predicted molar refractivity (Wildman–Crippen MR) is 71.2 cm³/mol. The van der Waals surface area contributed by atoms with E-state index >= 15 is 0 Å². The lowest BCUT2D eigenvalue weighted by Crippen LogP contribution is -2.19. The first-order valence-corrected chi connectivity index (χ1v) is 5.70. The smallest absolute Gasteiger partial charge is 0.246 e. The van der Waals surface area contributed by atoms with Crippen molar-refractivity contribution in [1.82, 2.24) is 9.78 Å². The first-order chi connectivity index (χ1) is 8.54. The zero-order chi connectivity index (χ0) is 13.1. The van der Waals surface area contributed by atoms with E-state index in [2.05, 4.69) is 10.4 Å². The number of nitrogen functional groups attached to an aromatic ring is 1. The molecule has 1 heterocycles. The molecule has 2 aromatic rings. The van der Waals surface area contributed by atoms with E-state index in [0.717, 1.165) is 16.9 Å². The zero-order valence-corrected chi connectivity index (χ0v) is 10.5. The Morgan fingerprint density at radius 3 is 2.83 bits per heavy atom. The van der Waals surface area contributed by atoms with E-state index in [1.54, 1.807) is 16.9 Å². The molecule has 18 heavy (non-hydrogen) atoms. The highest BCUT2D eigenvalue weighted by atomic mass is 16.2. The van der Waals surface area contributed by atoms with Crippen molar-refractivity contribution >= 4 is 17.3 Å². The van der Waals surface area contributed by atoms with Crippen molar-refractivity contribution in [3.8, 4) is 0 Å². The van der Waals surface area contributed by atoms with Crippen LogP contribution in [0.25, 0.3) is 0 Å². The second kappa shape index (κ2) is 4.91. The molecule has 0 atom stereocenters. The van der Waals surface area contributed by atoms with Crippen molar-refractivity contribution in [3.63, 3.8) is 0 Å². The molecule has 94 valence electrons. The Labute approximate surface area is 106 Å². The van der Waals surface area contributed by atoms with Crippen LogP contribution >= 0.6 is 0 Å². The SMILES string of the molecule is Cc1ccn(CC(=O)Nc2cc(N)ccc2C)n1. The number of benzene rings is 1. The monoisotopic (exact) mass is 244 g/mol. The van der Waals surface area contributed by atoms with Crippen LogP contribution in [0.5, 0.6) is 0 Å². The zero-order valence-electron chi connectivity index (χ0n) is 10.5. The molecule has 0 bridgehead atoms. The summed E-state index contributed by atoms with van der Waals surface area (Å²) < 4.78 is 1.60. The Morgan fingerprint density at radius 2 is 2.17 bits per heavy atom. The number of nitrogens with two attached hydrogens (primary N) is 1. The van der Waals surface area contributed by atoms with Crippen LogP contribution in [0.4, 0.5) is 11.4 Å². The normalized spacial score (nSPS) is 10.3. The first kappa shape index (κ1) is 12.2. The van der Waals surface area contributed by atoms with E-state index in [1.807, 2.05) is 32.0 Å². The lowest BCUT2D eigenvalue weighted by Gasteiger charge is -2.09. The summed E-state index contributed by atoms with van der Waals surface area (Å²) in [7, 11) is 0. The molecule has 0 saturated heterocycles. The van der Waals surface area contributed by atoms with E-state index in [0.29, 0.717) is 5.69 Å². The summed E-state index contributed by atoms with van der Waals surface area (Å²) in [5, 5.41) is 6.99. The summed E-state index contributed by atoms with van der Waals surface area (Å²) in [5.74, 6) is -0.119. The van der Waals surface area contributed by atoms with Crippen LogP contribution in [0.3, 0.4) is 0 Å². The van der Waals surface area contributed by atoms with Gasteiger partial charge in [-0.05, 0) is 37.6 Å². The summed E-state index contributed by atoms with van der Waals surface area (Å²) >= 11 is 0. The lowest BCUT2D eigenvalue weighted by atomic mass is 10.2. The molecule has 0 aliphatic carbocycles. The van der Waals surface area contributed by atoms with Crippen molar-refractivity contribution in [2.45, 2.75) is 20.4 Å². The van der Waals surface area contributed by atoms with Gasteiger partial charge in [0.05, 0.1) is 5.69 Å². The van der Waals surface area contributed by atoms with E-state index < -0.39 is 0 Å². The largest absolute Gasteiger partial charge is 0.399 e. The molecule has 1 aromatic heterocycles. The van der Waals surface area contributed by atoms with Crippen molar-refractivity contribution < 1.29 is 4.79 Å². The van der Waals surface area contributed by atoms with Gasteiger partial charge in [-0.25, -0.2) is 0 Å². The van der Waals surface area contributed by atoms with Crippen LogP contribution in [0.15, 0.2) is 30.5 Å². The van der Waals surface area contributed by atoms with Gasteiger partial charge in [0.1, 0.15) is 6.54 Å². The molecule has 0 radical (unpaired) electrons. The van der Waals surface area contributed by atoms with Crippen LogP contribution in [-0.4, -0.2) is 15.7 Å². The number of anilines is 2. The van der Waals surface area contributed by atoms with E-state index in [-0.39, 0.29) is 12.5 Å². The van der Waals surface area contributed by atoms with E-state index in [1.165, 1.54) is 0 Å². The summed E-state index contributed by atoms with van der Waals surface area (Å²) in [6, 6.07) is 7.30. The summed E-state index contributed by atoms with van der Waals surface area (Å²) in [6.07, 6.45) is 1.78. The van der Waals surface area contributed by atoms with Crippen LogP contribution in [0.1, 0.15) is 11.3 Å². The molecule has 0 aliphatic rings. The first-order valence-electron chi connectivity index (χ1n) is 5.70. The van der Waals surface area contributed by atoms with Gasteiger partial charge in [0.2, 0.25) is 5.91 Å². The predicted octanol–water partition coefficient (Wildman–Crippen LogP) is 1.72. The Balaban J connectivity index is 2.05. The minimum atomic E-state index is -0.119. The molecule has 0 saturated carbocycles. The quantitative estimate of drug-likeness (QED) is 0.807. The van der Waals surface area contributed by atoms with Gasteiger partial charge in [-0.15, -0.1) is 0 Å². The summed E-state index contributed by atoms with van der Waals surface area (Å²) in [4.78, 5) is 11.8. The standard InChI is InChI=1S/C13H16N4O/c1-9-3-4-11(14)7-12(9)15-13(18)8-17-6-5-10(2)16-17/h3-7H,8,14H2,1-2H3,(H,15,18). The van der Waals surface area contributed by atoms with E-state index in [4.69, 9.17) is 5.73 Å². The third-order valence-electron chi connectivity index (χ3n) is 2.62. The van der Waals surface area contributed by atoms with Gasteiger partial charge in [-0.3, -0.25) is 9.48 Å². The third kappa shape index (κ3) is 2.88. The average molecular weight is 244 g/mol. The number of aryl methyl sites for hydroxylation is 2. The molecule has 0 fully saturated rings. The van der Waals surface area contributed by atoms with Gasteiger partial charge < -0.3 is 11.1 Å². The average Bonchev–Trinajstić information content (AvgIpc) is 2.69. The van der Waals surface area contributed by atoms with Gasteiger partial charge in [-0.1, -0.05) is 6.07 Å². The molecular weight excluding hydrogens is 228 g/mol. The van der Waals surface area contributed by atoms with Crippen molar-refractivity contribution in [2.24, 2.45) is 0 Å². The highest BCUT2D eigenvalue weighted by Gasteiger charge is 2.06. The second-order valence-corrected chi connectivity index (χ2v) is 4.28. The number of nitrogens with zero attached hydrogens (tertiary/aromatic N) is 2. The van der Waals surface area contributed by atoms with Crippen LogP contribution in [0, 0.1) is 13.8 Å². The van der Waals surface area contributed by atoms with Crippen molar-refractivity contribution in [3.05, 3.63) is 41.7 Å². The number of nitrogens with one attached hydrogen (secondary N) is 1. The number of hydrogen-bond acceptors (Lipinski definition) is 3. The fourth-order valence-corrected chi connectivity index (χ4v) is 1.66. The molecule has 0 spiro atoms. The Bertz CT molecular complexity index is 574. The fraction of sp³-hybridized carbons (Fsp3) is 0.231. The van der Waals surface area contributed by atoms with Gasteiger partial charge in [0.25, 0.3) is 0 Å².